The highest BCUT2D eigenvalue weighted by atomic mass is 19.4. The Labute approximate surface area is 160 Å². The number of likely N-dealkylation sites (tertiary alicyclic amines) is 1. The first-order chi connectivity index (χ1) is 13.2. The fraction of sp³-hybridized carbons (Fsp3) is 0.526. The summed E-state index contributed by atoms with van der Waals surface area (Å²) in [4.78, 5) is 38.2. The molecule has 2 fully saturated rings. The van der Waals surface area contributed by atoms with Crippen LogP contribution in [0, 0.1) is 11.8 Å². The zero-order valence-corrected chi connectivity index (χ0v) is 15.3. The molecule has 1 aromatic rings. The van der Waals surface area contributed by atoms with Crippen LogP contribution in [0.4, 0.5) is 13.2 Å². The van der Waals surface area contributed by atoms with E-state index in [2.05, 4.69) is 10.1 Å². The van der Waals surface area contributed by atoms with Crippen molar-refractivity contribution in [3.8, 4) is 5.75 Å². The van der Waals surface area contributed by atoms with E-state index in [9.17, 15) is 27.6 Å². The van der Waals surface area contributed by atoms with Crippen molar-refractivity contribution in [1.29, 1.82) is 0 Å². The van der Waals surface area contributed by atoms with Gasteiger partial charge in [0.15, 0.2) is 0 Å². The predicted molar refractivity (Wildman–Crippen MR) is 91.9 cm³/mol. The molecule has 1 aromatic carbocycles. The van der Waals surface area contributed by atoms with Gasteiger partial charge in [-0.05, 0) is 37.5 Å². The number of rotatable bonds is 5. The molecule has 0 aromatic heterocycles. The molecule has 0 spiro atoms. The molecule has 2 aliphatic rings. The van der Waals surface area contributed by atoms with Gasteiger partial charge in [-0.2, -0.15) is 0 Å². The van der Waals surface area contributed by atoms with Gasteiger partial charge in [0, 0.05) is 0 Å². The largest absolute Gasteiger partial charge is 0.573 e. The molecule has 1 aliphatic heterocycles. The smallest absolute Gasteiger partial charge is 0.406 e. The Bertz CT molecular complexity index is 739. The van der Waals surface area contributed by atoms with Crippen molar-refractivity contribution < 1.29 is 32.3 Å². The summed E-state index contributed by atoms with van der Waals surface area (Å²) in [5, 5.41) is 2.67. The van der Waals surface area contributed by atoms with E-state index in [1.54, 1.807) is 6.92 Å². The number of carbonyl (C=O) groups is 3. The first-order valence-electron chi connectivity index (χ1n) is 9.16. The van der Waals surface area contributed by atoms with Crippen LogP contribution in [-0.4, -0.2) is 35.5 Å². The minimum absolute atomic E-state index is 0.286. The Balaban J connectivity index is 1.57. The van der Waals surface area contributed by atoms with Crippen molar-refractivity contribution in [2.45, 2.75) is 45.0 Å². The molecule has 3 atom stereocenters. The number of ether oxygens (including phenoxy) is 1. The summed E-state index contributed by atoms with van der Waals surface area (Å²) in [5.41, 5.74) is 0.565. The summed E-state index contributed by atoms with van der Waals surface area (Å²) in [6, 6.07) is 4.62. The number of carbonyl (C=O) groups excluding carboxylic acids is 3. The zero-order chi connectivity index (χ0) is 20.5. The summed E-state index contributed by atoms with van der Waals surface area (Å²) >= 11 is 0. The van der Waals surface area contributed by atoms with Gasteiger partial charge in [0.1, 0.15) is 12.3 Å². The summed E-state index contributed by atoms with van der Waals surface area (Å²) in [5.74, 6) is -2.05. The Morgan fingerprint density at radius 2 is 1.68 bits per heavy atom. The highest BCUT2D eigenvalue weighted by molar-refractivity contribution is 6.07. The van der Waals surface area contributed by atoms with Crippen LogP contribution in [0.15, 0.2) is 24.3 Å². The normalized spacial score (nSPS) is 23.4. The van der Waals surface area contributed by atoms with E-state index in [4.69, 9.17) is 0 Å². The maximum absolute atomic E-state index is 12.4. The predicted octanol–water partition coefficient (Wildman–Crippen LogP) is 2.94. The number of hydrogen-bond donors (Lipinski definition) is 1. The number of fused-ring (bicyclic) bond motifs is 1. The van der Waals surface area contributed by atoms with E-state index in [1.807, 2.05) is 0 Å². The van der Waals surface area contributed by atoms with Crippen LogP contribution in [0.5, 0.6) is 5.75 Å². The van der Waals surface area contributed by atoms with Crippen molar-refractivity contribution in [1.82, 2.24) is 10.2 Å². The second-order valence-corrected chi connectivity index (χ2v) is 7.17. The van der Waals surface area contributed by atoms with Gasteiger partial charge in [0.2, 0.25) is 17.7 Å². The fourth-order valence-electron chi connectivity index (χ4n) is 3.86. The molecule has 0 bridgehead atoms. The van der Waals surface area contributed by atoms with Crippen LogP contribution < -0.4 is 10.1 Å². The molecule has 0 radical (unpaired) electrons. The number of amides is 3. The molecule has 9 heteroatoms. The van der Waals surface area contributed by atoms with Gasteiger partial charge in [-0.15, -0.1) is 13.2 Å². The lowest BCUT2D eigenvalue weighted by atomic mass is 9.81. The number of hydrogen-bond acceptors (Lipinski definition) is 4. The third-order valence-corrected chi connectivity index (χ3v) is 5.23. The molecule has 1 aliphatic carbocycles. The number of nitrogens with zero attached hydrogens (tertiary/aromatic N) is 1. The second-order valence-electron chi connectivity index (χ2n) is 7.17. The maximum Gasteiger partial charge on any atom is 0.573 e. The van der Waals surface area contributed by atoms with Gasteiger partial charge >= 0.3 is 6.36 Å². The van der Waals surface area contributed by atoms with Crippen LogP contribution in [0.1, 0.15) is 44.2 Å². The Morgan fingerprint density at radius 3 is 2.18 bits per heavy atom. The first-order valence-corrected chi connectivity index (χ1v) is 9.16. The molecule has 1 saturated carbocycles. The van der Waals surface area contributed by atoms with E-state index >= 15 is 0 Å². The molecule has 3 rings (SSSR count). The van der Waals surface area contributed by atoms with E-state index in [0.29, 0.717) is 18.4 Å². The highest BCUT2D eigenvalue weighted by Gasteiger charge is 2.48. The van der Waals surface area contributed by atoms with Gasteiger partial charge < -0.3 is 10.1 Å². The zero-order valence-electron chi connectivity index (χ0n) is 15.3. The van der Waals surface area contributed by atoms with E-state index < -0.39 is 18.3 Å². The average Bonchev–Trinajstić information content (AvgIpc) is 2.86. The molecular weight excluding hydrogens is 377 g/mol. The van der Waals surface area contributed by atoms with Crippen molar-refractivity contribution in [3.05, 3.63) is 29.8 Å². The van der Waals surface area contributed by atoms with Crippen LogP contribution in [0.3, 0.4) is 0 Å². The summed E-state index contributed by atoms with van der Waals surface area (Å²) in [6.07, 6.45) is -1.60. The number of halogens is 3. The molecule has 152 valence electrons. The van der Waals surface area contributed by atoms with Gasteiger partial charge in [-0.1, -0.05) is 25.0 Å². The summed E-state index contributed by atoms with van der Waals surface area (Å²) in [7, 11) is 0. The Kier molecular flexibility index (Phi) is 5.62. The van der Waals surface area contributed by atoms with Gasteiger partial charge in [-0.3, -0.25) is 19.3 Å². The number of alkyl halides is 3. The molecule has 1 N–H and O–H groups in total. The lowest BCUT2D eigenvalue weighted by Crippen LogP contribution is -2.41. The summed E-state index contributed by atoms with van der Waals surface area (Å²) < 4.78 is 40.4. The molecule has 1 saturated heterocycles. The van der Waals surface area contributed by atoms with Gasteiger partial charge in [0.05, 0.1) is 17.9 Å². The van der Waals surface area contributed by atoms with E-state index in [0.717, 1.165) is 29.9 Å². The third kappa shape index (κ3) is 4.45. The van der Waals surface area contributed by atoms with Gasteiger partial charge in [0.25, 0.3) is 0 Å². The van der Waals surface area contributed by atoms with E-state index in [-0.39, 0.29) is 35.9 Å². The fourth-order valence-corrected chi connectivity index (χ4v) is 3.86. The highest BCUT2D eigenvalue weighted by Crippen LogP contribution is 2.37. The second kappa shape index (κ2) is 7.81. The van der Waals surface area contributed by atoms with Crippen LogP contribution >= 0.6 is 0 Å². The van der Waals surface area contributed by atoms with E-state index in [1.165, 1.54) is 12.1 Å². The molecule has 0 unspecified atom stereocenters. The Hall–Kier alpha value is -2.58. The number of nitrogens with one attached hydrogen (secondary N) is 1. The molecule has 3 amide bonds. The minimum Gasteiger partial charge on any atom is -0.406 e. The quantitative estimate of drug-likeness (QED) is 0.774. The third-order valence-electron chi connectivity index (χ3n) is 5.23. The van der Waals surface area contributed by atoms with Crippen molar-refractivity contribution in [3.63, 3.8) is 0 Å². The number of benzene rings is 1. The van der Waals surface area contributed by atoms with Crippen molar-refractivity contribution in [2.24, 2.45) is 11.8 Å². The number of imide groups is 1. The van der Waals surface area contributed by atoms with Gasteiger partial charge in [-0.25, -0.2) is 0 Å². The average molecular weight is 398 g/mol. The topological polar surface area (TPSA) is 75.7 Å². The van der Waals surface area contributed by atoms with Crippen molar-refractivity contribution in [2.75, 3.05) is 6.54 Å². The van der Waals surface area contributed by atoms with Crippen LogP contribution in [-0.2, 0) is 14.4 Å². The standard InChI is InChI=1S/C19H21F3N2O4/c1-11(12-6-8-13(9-7-12)28-19(20,21)22)23-16(25)10-24-17(26)14-4-2-3-5-15(14)18(24)27/h6-9,11,14-15H,2-5,10H2,1H3,(H,23,25)/t11-,14-,15+/m1/s1. The van der Waals surface area contributed by atoms with Crippen molar-refractivity contribution >= 4 is 17.7 Å². The lowest BCUT2D eigenvalue weighted by molar-refractivity contribution is -0.274. The monoisotopic (exact) mass is 398 g/mol. The van der Waals surface area contributed by atoms with Crippen LogP contribution in [0.25, 0.3) is 0 Å². The minimum atomic E-state index is -4.77. The lowest BCUT2D eigenvalue weighted by Gasteiger charge is -2.19. The maximum atomic E-state index is 12.4. The van der Waals surface area contributed by atoms with Crippen LogP contribution in [0.2, 0.25) is 0 Å². The summed E-state index contributed by atoms with van der Waals surface area (Å²) in [6.45, 7) is 1.31. The molecular formula is C19H21F3N2O4. The first kappa shape index (κ1) is 20.2. The SMILES string of the molecule is C[C@@H](NC(=O)CN1C(=O)[C@H]2CCCC[C@H]2C1=O)c1ccc(OC(F)(F)F)cc1. The Morgan fingerprint density at radius 1 is 1.14 bits per heavy atom. The molecule has 1 heterocycles. The molecule has 28 heavy (non-hydrogen) atoms. The molecule has 6 nitrogen and oxygen atoms in total.